The Labute approximate surface area is 103 Å². The van der Waals surface area contributed by atoms with E-state index in [9.17, 15) is 22.8 Å². The van der Waals surface area contributed by atoms with Crippen LogP contribution in [0.25, 0.3) is 0 Å². The molecule has 0 radical (unpaired) electrons. The van der Waals surface area contributed by atoms with Gasteiger partial charge < -0.3 is 10.6 Å². The van der Waals surface area contributed by atoms with Crippen LogP contribution in [0, 0.1) is 0 Å². The van der Waals surface area contributed by atoms with Crippen LogP contribution in [0.1, 0.15) is 13.8 Å². The molecule has 102 valence electrons. The zero-order chi connectivity index (χ0) is 14.1. The lowest BCUT2D eigenvalue weighted by molar-refractivity contribution is -0.145. The molecule has 18 heavy (non-hydrogen) atoms. The lowest BCUT2D eigenvalue weighted by Crippen LogP contribution is -2.74. The molecule has 0 saturated carbocycles. The van der Waals surface area contributed by atoms with E-state index in [1.165, 1.54) is 13.8 Å². The molecular weight excluding hydrogens is 266 g/mol. The Morgan fingerprint density at radius 1 is 1.33 bits per heavy atom. The lowest BCUT2D eigenvalue weighted by atomic mass is 9.98. The van der Waals surface area contributed by atoms with Gasteiger partial charge in [0.2, 0.25) is 11.8 Å². The first kappa shape index (κ1) is 14.4. The SMILES string of the molecule is CC(=O)NCC1C(NC(C)=O)C(=O)N1S(=O)(=O)O. The number of amides is 3. The molecular formula is C8H13N3O6S. The summed E-state index contributed by atoms with van der Waals surface area (Å²) in [5.74, 6) is -1.88. The normalized spacial score (nSPS) is 23.3. The third-order valence-electron chi connectivity index (χ3n) is 2.34. The van der Waals surface area contributed by atoms with Crippen molar-refractivity contribution in [3.05, 3.63) is 0 Å². The van der Waals surface area contributed by atoms with Crippen LogP contribution in [-0.4, -0.2) is 53.6 Å². The van der Waals surface area contributed by atoms with E-state index in [0.717, 1.165) is 0 Å². The van der Waals surface area contributed by atoms with Gasteiger partial charge in [0.1, 0.15) is 6.04 Å². The third-order valence-corrected chi connectivity index (χ3v) is 3.28. The molecule has 0 aliphatic carbocycles. The minimum absolute atomic E-state index is 0.189. The van der Waals surface area contributed by atoms with Gasteiger partial charge in [-0.25, -0.2) is 4.31 Å². The Morgan fingerprint density at radius 2 is 1.89 bits per heavy atom. The van der Waals surface area contributed by atoms with Gasteiger partial charge in [0, 0.05) is 20.4 Å². The quantitative estimate of drug-likeness (QED) is 0.389. The van der Waals surface area contributed by atoms with Crippen LogP contribution in [0.2, 0.25) is 0 Å². The van der Waals surface area contributed by atoms with Crippen LogP contribution in [0.5, 0.6) is 0 Å². The monoisotopic (exact) mass is 279 g/mol. The van der Waals surface area contributed by atoms with Gasteiger partial charge in [-0.05, 0) is 0 Å². The van der Waals surface area contributed by atoms with E-state index >= 15 is 0 Å². The van der Waals surface area contributed by atoms with E-state index in [1.54, 1.807) is 0 Å². The topological polar surface area (TPSA) is 133 Å². The Kier molecular flexibility index (Phi) is 3.92. The number of hydrogen-bond acceptors (Lipinski definition) is 5. The number of carbonyl (C=O) groups excluding carboxylic acids is 3. The van der Waals surface area contributed by atoms with Crippen molar-refractivity contribution in [3.63, 3.8) is 0 Å². The summed E-state index contributed by atoms with van der Waals surface area (Å²) in [6.45, 7) is 2.19. The summed E-state index contributed by atoms with van der Waals surface area (Å²) < 4.78 is 31.0. The van der Waals surface area contributed by atoms with E-state index in [0.29, 0.717) is 0 Å². The fourth-order valence-corrected chi connectivity index (χ4v) is 2.51. The molecule has 1 rings (SSSR count). The molecule has 3 N–H and O–H groups in total. The van der Waals surface area contributed by atoms with Crippen molar-refractivity contribution >= 4 is 28.0 Å². The zero-order valence-corrected chi connectivity index (χ0v) is 10.5. The van der Waals surface area contributed by atoms with Crippen molar-refractivity contribution in [1.82, 2.24) is 14.9 Å². The summed E-state index contributed by atoms with van der Waals surface area (Å²) in [6.07, 6.45) is 0. The van der Waals surface area contributed by atoms with Crippen LogP contribution < -0.4 is 10.6 Å². The Hall–Kier alpha value is -1.68. The van der Waals surface area contributed by atoms with Crippen LogP contribution in [0.4, 0.5) is 0 Å². The molecule has 0 bridgehead atoms. The average molecular weight is 279 g/mol. The smallest absolute Gasteiger partial charge is 0.354 e. The third kappa shape index (κ3) is 2.96. The minimum atomic E-state index is -4.70. The first-order chi connectivity index (χ1) is 8.14. The summed E-state index contributed by atoms with van der Waals surface area (Å²) in [4.78, 5) is 33.1. The highest BCUT2D eigenvalue weighted by molar-refractivity contribution is 7.84. The highest BCUT2D eigenvalue weighted by atomic mass is 32.2. The summed E-state index contributed by atoms with van der Waals surface area (Å²) in [7, 11) is -4.70. The van der Waals surface area contributed by atoms with Crippen molar-refractivity contribution in [3.8, 4) is 0 Å². The molecule has 0 aromatic heterocycles. The van der Waals surface area contributed by atoms with Crippen molar-refractivity contribution in [1.29, 1.82) is 0 Å². The lowest BCUT2D eigenvalue weighted by Gasteiger charge is -2.44. The van der Waals surface area contributed by atoms with Gasteiger partial charge in [-0.1, -0.05) is 0 Å². The fourth-order valence-electron chi connectivity index (χ4n) is 1.63. The van der Waals surface area contributed by atoms with E-state index < -0.39 is 40.1 Å². The minimum Gasteiger partial charge on any atom is -0.354 e. The number of nitrogens with zero attached hydrogens (tertiary/aromatic N) is 1. The molecule has 0 spiro atoms. The number of nitrogens with one attached hydrogen (secondary N) is 2. The Bertz CT molecular complexity index is 487. The fraction of sp³-hybridized carbons (Fsp3) is 0.625. The number of β-lactam (4-membered cyclic amide) rings is 1. The summed E-state index contributed by atoms with van der Waals surface area (Å²) >= 11 is 0. The number of rotatable bonds is 4. The second-order valence-electron chi connectivity index (χ2n) is 3.79. The molecule has 1 saturated heterocycles. The van der Waals surface area contributed by atoms with Gasteiger partial charge in [0.15, 0.2) is 0 Å². The molecule has 1 fully saturated rings. The maximum absolute atomic E-state index is 11.5. The van der Waals surface area contributed by atoms with Crippen LogP contribution in [0.3, 0.4) is 0 Å². The molecule has 2 atom stereocenters. The molecule has 0 aromatic rings. The Morgan fingerprint density at radius 3 is 2.28 bits per heavy atom. The molecule has 1 aliphatic heterocycles. The summed E-state index contributed by atoms with van der Waals surface area (Å²) in [6, 6.07) is -2.10. The van der Waals surface area contributed by atoms with Gasteiger partial charge in [-0.2, -0.15) is 8.42 Å². The number of hydrogen-bond donors (Lipinski definition) is 3. The second-order valence-corrected chi connectivity index (χ2v) is 5.08. The van der Waals surface area contributed by atoms with Crippen molar-refractivity contribution in [2.24, 2.45) is 0 Å². The second kappa shape index (κ2) is 4.90. The highest BCUT2D eigenvalue weighted by Gasteiger charge is 2.53. The van der Waals surface area contributed by atoms with Crippen LogP contribution in [-0.2, 0) is 24.7 Å². The van der Waals surface area contributed by atoms with Crippen LogP contribution >= 0.6 is 0 Å². The largest absolute Gasteiger partial charge is 0.362 e. The van der Waals surface area contributed by atoms with E-state index in [1.807, 2.05) is 0 Å². The zero-order valence-electron chi connectivity index (χ0n) is 9.71. The predicted octanol–water partition coefficient (Wildman–Crippen LogP) is -2.36. The molecule has 10 heteroatoms. The van der Waals surface area contributed by atoms with Crippen molar-refractivity contribution < 1.29 is 27.4 Å². The van der Waals surface area contributed by atoms with E-state index in [4.69, 9.17) is 4.55 Å². The van der Waals surface area contributed by atoms with Crippen molar-refractivity contribution in [2.75, 3.05) is 6.54 Å². The summed E-state index contributed by atoms with van der Waals surface area (Å²) in [5.41, 5.74) is 0. The number of carbonyl (C=O) groups is 3. The maximum Gasteiger partial charge on any atom is 0.362 e. The first-order valence-corrected chi connectivity index (χ1v) is 6.36. The maximum atomic E-state index is 11.5. The average Bonchev–Trinajstić information content (AvgIpc) is 2.17. The van der Waals surface area contributed by atoms with Gasteiger partial charge in [-0.15, -0.1) is 0 Å². The first-order valence-electron chi connectivity index (χ1n) is 4.97. The van der Waals surface area contributed by atoms with Gasteiger partial charge in [0.25, 0.3) is 5.91 Å². The van der Waals surface area contributed by atoms with E-state index in [2.05, 4.69) is 10.6 Å². The molecule has 1 heterocycles. The summed E-state index contributed by atoms with van der Waals surface area (Å²) in [5, 5.41) is 4.56. The van der Waals surface area contributed by atoms with E-state index in [-0.39, 0.29) is 10.8 Å². The molecule has 3 amide bonds. The molecule has 1 aliphatic rings. The van der Waals surface area contributed by atoms with Crippen molar-refractivity contribution in [2.45, 2.75) is 25.9 Å². The molecule has 0 aromatic carbocycles. The van der Waals surface area contributed by atoms with Gasteiger partial charge >= 0.3 is 10.3 Å². The van der Waals surface area contributed by atoms with Gasteiger partial charge in [0.05, 0.1) is 6.04 Å². The van der Waals surface area contributed by atoms with Gasteiger partial charge in [-0.3, -0.25) is 18.9 Å². The van der Waals surface area contributed by atoms with Crippen LogP contribution in [0.15, 0.2) is 0 Å². The predicted molar refractivity (Wildman–Crippen MR) is 58.5 cm³/mol. The standard InChI is InChI=1S/C8H13N3O6S/c1-4(12)9-3-6-7(10-5(2)13)8(14)11(6)18(15,16)17/h6-7H,3H2,1-2H3,(H,9,12)(H,10,13)(H,15,16,17). The molecule has 9 nitrogen and oxygen atoms in total. The highest BCUT2D eigenvalue weighted by Crippen LogP contribution is 2.22. The Balaban J connectivity index is 2.84. The molecule has 2 unspecified atom stereocenters.